The molecule has 3 heteroatoms. The predicted molar refractivity (Wildman–Crippen MR) is 74.7 cm³/mol. The molecule has 2 aromatic rings. The van der Waals surface area contributed by atoms with Crippen LogP contribution in [0.5, 0.6) is 0 Å². The number of anilines is 1. The van der Waals surface area contributed by atoms with Crippen LogP contribution in [0.1, 0.15) is 10.4 Å². The second-order valence-electron chi connectivity index (χ2n) is 4.05. The number of carbonyl (C=O) groups excluding carboxylic acids is 1. The molecule has 0 saturated heterocycles. The lowest BCUT2D eigenvalue weighted by Gasteiger charge is -2.21. The van der Waals surface area contributed by atoms with E-state index in [0.717, 1.165) is 5.69 Å². The topological polar surface area (TPSA) is 20.3 Å². The zero-order valence-corrected chi connectivity index (χ0v) is 10.4. The number of hydrogen-bond donors (Lipinski definition) is 0. The molecule has 0 aliphatic rings. The molecule has 0 atom stereocenters. The number of nitrogens with zero attached hydrogens (tertiary/aromatic N) is 1. The summed E-state index contributed by atoms with van der Waals surface area (Å²) in [7, 11) is 0. The van der Waals surface area contributed by atoms with Crippen molar-refractivity contribution in [2.24, 2.45) is 0 Å². The monoisotopic (exact) mass is 255 g/mol. The van der Waals surface area contributed by atoms with E-state index in [2.05, 4.69) is 6.58 Å². The highest BCUT2D eigenvalue weighted by atomic mass is 19.1. The van der Waals surface area contributed by atoms with Crippen molar-refractivity contribution in [2.75, 3.05) is 11.4 Å². The van der Waals surface area contributed by atoms with E-state index in [0.29, 0.717) is 12.1 Å². The molecule has 0 saturated carbocycles. The van der Waals surface area contributed by atoms with Crippen LogP contribution in [0.4, 0.5) is 10.1 Å². The molecule has 0 N–H and O–H groups in total. The van der Waals surface area contributed by atoms with Crippen molar-refractivity contribution < 1.29 is 9.18 Å². The lowest BCUT2D eigenvalue weighted by molar-refractivity contribution is 0.0989. The average molecular weight is 255 g/mol. The van der Waals surface area contributed by atoms with Gasteiger partial charge in [-0.15, -0.1) is 6.58 Å². The molecule has 0 aliphatic carbocycles. The van der Waals surface area contributed by atoms with E-state index in [1.807, 2.05) is 30.3 Å². The molecule has 1 amide bonds. The number of carbonyl (C=O) groups is 1. The van der Waals surface area contributed by atoms with E-state index in [4.69, 9.17) is 0 Å². The largest absolute Gasteiger partial charge is 0.305 e. The first-order valence-electron chi connectivity index (χ1n) is 5.96. The van der Waals surface area contributed by atoms with Gasteiger partial charge in [0.05, 0.1) is 0 Å². The number of hydrogen-bond acceptors (Lipinski definition) is 1. The number of amides is 1. The summed E-state index contributed by atoms with van der Waals surface area (Å²) in [5, 5.41) is 0. The molecule has 0 heterocycles. The van der Waals surface area contributed by atoms with Gasteiger partial charge >= 0.3 is 0 Å². The van der Waals surface area contributed by atoms with E-state index in [9.17, 15) is 9.18 Å². The Kier molecular flexibility index (Phi) is 4.08. The number of halogens is 1. The van der Waals surface area contributed by atoms with Crippen molar-refractivity contribution in [3.05, 3.63) is 78.6 Å². The molecular weight excluding hydrogens is 241 g/mol. The molecule has 96 valence electrons. The summed E-state index contributed by atoms with van der Waals surface area (Å²) >= 11 is 0. The fourth-order valence-electron chi connectivity index (χ4n) is 1.79. The molecule has 0 aliphatic heterocycles. The summed E-state index contributed by atoms with van der Waals surface area (Å²) in [6, 6.07) is 14.8. The molecule has 2 rings (SSSR count). The third kappa shape index (κ3) is 3.07. The van der Waals surface area contributed by atoms with Crippen molar-refractivity contribution in [3.8, 4) is 0 Å². The molecular formula is C16H14FNO. The molecule has 0 fully saturated rings. The van der Waals surface area contributed by atoms with Crippen molar-refractivity contribution in [2.45, 2.75) is 0 Å². The first-order chi connectivity index (χ1) is 9.22. The van der Waals surface area contributed by atoms with Gasteiger partial charge in [0.1, 0.15) is 5.82 Å². The van der Waals surface area contributed by atoms with Crippen LogP contribution in [-0.2, 0) is 0 Å². The molecule has 0 aromatic heterocycles. The third-order valence-electron chi connectivity index (χ3n) is 2.72. The van der Waals surface area contributed by atoms with E-state index in [1.54, 1.807) is 11.0 Å². The van der Waals surface area contributed by atoms with Crippen LogP contribution in [0.25, 0.3) is 0 Å². The minimum atomic E-state index is -0.355. The maximum atomic E-state index is 12.9. The van der Waals surface area contributed by atoms with Gasteiger partial charge in [-0.25, -0.2) is 4.39 Å². The van der Waals surface area contributed by atoms with Crippen LogP contribution in [0, 0.1) is 5.82 Å². The highest BCUT2D eigenvalue weighted by Crippen LogP contribution is 2.17. The number of para-hydroxylation sites is 1. The zero-order chi connectivity index (χ0) is 13.7. The van der Waals surface area contributed by atoms with Gasteiger partial charge in [-0.3, -0.25) is 4.79 Å². The summed E-state index contributed by atoms with van der Waals surface area (Å²) in [5.41, 5.74) is 1.24. The van der Waals surface area contributed by atoms with Crippen LogP contribution in [0.3, 0.4) is 0 Å². The SMILES string of the molecule is C=CCN(C(=O)c1ccc(F)cc1)c1ccccc1. The smallest absolute Gasteiger partial charge is 0.258 e. The summed E-state index contributed by atoms with van der Waals surface area (Å²) in [6.45, 7) is 4.07. The van der Waals surface area contributed by atoms with E-state index < -0.39 is 0 Å². The normalized spacial score (nSPS) is 9.95. The van der Waals surface area contributed by atoms with Gasteiger partial charge in [0.25, 0.3) is 5.91 Å². The summed E-state index contributed by atoms with van der Waals surface area (Å²) in [4.78, 5) is 14.0. The van der Waals surface area contributed by atoms with Crippen LogP contribution in [-0.4, -0.2) is 12.5 Å². The van der Waals surface area contributed by atoms with Gasteiger partial charge < -0.3 is 4.90 Å². The highest BCUT2D eigenvalue weighted by Gasteiger charge is 2.16. The van der Waals surface area contributed by atoms with Gasteiger partial charge in [0, 0.05) is 17.8 Å². The van der Waals surface area contributed by atoms with Crippen molar-refractivity contribution >= 4 is 11.6 Å². The average Bonchev–Trinajstić information content (AvgIpc) is 2.46. The maximum absolute atomic E-state index is 12.9. The lowest BCUT2D eigenvalue weighted by atomic mass is 10.1. The summed E-state index contributed by atoms with van der Waals surface area (Å²) in [6.07, 6.45) is 1.66. The highest BCUT2D eigenvalue weighted by molar-refractivity contribution is 6.06. The van der Waals surface area contributed by atoms with Gasteiger partial charge in [0.2, 0.25) is 0 Å². The van der Waals surface area contributed by atoms with Gasteiger partial charge in [-0.2, -0.15) is 0 Å². The molecule has 0 spiro atoms. The van der Waals surface area contributed by atoms with E-state index >= 15 is 0 Å². The Balaban J connectivity index is 2.31. The minimum Gasteiger partial charge on any atom is -0.305 e. The predicted octanol–water partition coefficient (Wildman–Crippen LogP) is 3.66. The molecule has 2 aromatic carbocycles. The Labute approximate surface area is 111 Å². The molecule has 0 unspecified atom stereocenters. The maximum Gasteiger partial charge on any atom is 0.258 e. The Hall–Kier alpha value is -2.42. The van der Waals surface area contributed by atoms with E-state index in [-0.39, 0.29) is 11.7 Å². The second kappa shape index (κ2) is 5.96. The van der Waals surface area contributed by atoms with Gasteiger partial charge in [-0.05, 0) is 36.4 Å². The first kappa shape index (κ1) is 13.0. The second-order valence-corrected chi connectivity index (χ2v) is 4.05. The van der Waals surface area contributed by atoms with Gasteiger partial charge in [0.15, 0.2) is 0 Å². The van der Waals surface area contributed by atoms with Crippen LogP contribution < -0.4 is 4.90 Å². The molecule has 0 radical (unpaired) electrons. The first-order valence-corrected chi connectivity index (χ1v) is 5.96. The van der Waals surface area contributed by atoms with Crippen LogP contribution in [0.15, 0.2) is 67.3 Å². The fraction of sp³-hybridized carbons (Fsp3) is 0.0625. The van der Waals surface area contributed by atoms with Crippen molar-refractivity contribution in [1.82, 2.24) is 0 Å². The molecule has 0 bridgehead atoms. The van der Waals surface area contributed by atoms with Crippen molar-refractivity contribution in [3.63, 3.8) is 0 Å². The minimum absolute atomic E-state index is 0.175. The summed E-state index contributed by atoms with van der Waals surface area (Å²) in [5.74, 6) is -0.530. The van der Waals surface area contributed by atoms with Crippen LogP contribution in [0.2, 0.25) is 0 Å². The number of benzene rings is 2. The van der Waals surface area contributed by atoms with E-state index in [1.165, 1.54) is 24.3 Å². The Bertz CT molecular complexity index is 563. The van der Waals surface area contributed by atoms with Crippen molar-refractivity contribution in [1.29, 1.82) is 0 Å². The molecule has 19 heavy (non-hydrogen) atoms. The standard InChI is InChI=1S/C16H14FNO/c1-2-12-18(15-6-4-3-5-7-15)16(19)13-8-10-14(17)11-9-13/h2-11H,1,12H2. The third-order valence-corrected chi connectivity index (χ3v) is 2.72. The fourth-order valence-corrected chi connectivity index (χ4v) is 1.79. The zero-order valence-electron chi connectivity index (χ0n) is 10.4. The quantitative estimate of drug-likeness (QED) is 0.763. The van der Waals surface area contributed by atoms with Crippen LogP contribution >= 0.6 is 0 Å². The Morgan fingerprint density at radius 1 is 1.11 bits per heavy atom. The Morgan fingerprint density at radius 3 is 2.32 bits per heavy atom. The lowest BCUT2D eigenvalue weighted by Crippen LogP contribution is -2.30. The molecule has 2 nitrogen and oxygen atoms in total. The van der Waals surface area contributed by atoms with Gasteiger partial charge in [-0.1, -0.05) is 24.3 Å². The Morgan fingerprint density at radius 2 is 1.74 bits per heavy atom. The number of rotatable bonds is 4. The summed E-state index contributed by atoms with van der Waals surface area (Å²) < 4.78 is 12.9.